The minimum atomic E-state index is -0.626. The molecule has 6 heteroatoms. The van der Waals surface area contributed by atoms with Crippen LogP contribution in [0.1, 0.15) is 32.7 Å². The number of hydrogen-bond acceptors (Lipinski definition) is 4. The topological polar surface area (TPSA) is 98.7 Å². The Bertz CT molecular complexity index is 525. The zero-order chi connectivity index (χ0) is 15.2. The molecule has 0 aliphatic carbocycles. The van der Waals surface area contributed by atoms with Crippen molar-refractivity contribution < 1.29 is 14.3 Å². The number of benzene rings is 1. The van der Waals surface area contributed by atoms with E-state index in [0.29, 0.717) is 6.42 Å². The number of ether oxygens (including phenoxy) is 1. The Hall–Kier alpha value is -1.92. The van der Waals surface area contributed by atoms with Crippen molar-refractivity contribution in [2.24, 2.45) is 11.5 Å². The van der Waals surface area contributed by atoms with Crippen molar-refractivity contribution in [3.63, 3.8) is 0 Å². The molecule has 1 saturated heterocycles. The molecule has 2 rings (SSSR count). The second kappa shape index (κ2) is 7.19. The number of rotatable bonds is 6. The first-order valence-electron chi connectivity index (χ1n) is 7.11. The molecule has 114 valence electrons. The Morgan fingerprint density at radius 2 is 1.86 bits per heavy atom. The van der Waals surface area contributed by atoms with Gasteiger partial charge in [-0.05, 0) is 31.0 Å². The Kier molecular flexibility index (Phi) is 5.30. The molecule has 6 nitrogen and oxygen atoms in total. The van der Waals surface area contributed by atoms with E-state index in [9.17, 15) is 9.59 Å². The Labute approximate surface area is 124 Å². The molecule has 0 bridgehead atoms. The lowest BCUT2D eigenvalue weighted by Crippen LogP contribution is -2.37. The van der Waals surface area contributed by atoms with Gasteiger partial charge in [-0.25, -0.2) is 0 Å². The van der Waals surface area contributed by atoms with Crippen molar-refractivity contribution in [2.45, 2.75) is 12.8 Å². The Morgan fingerprint density at radius 3 is 2.48 bits per heavy atom. The van der Waals surface area contributed by atoms with Crippen LogP contribution in [0.25, 0.3) is 0 Å². The Morgan fingerprint density at radius 1 is 1.14 bits per heavy atom. The van der Waals surface area contributed by atoms with Gasteiger partial charge < -0.3 is 16.2 Å². The molecule has 1 aromatic carbocycles. The number of carbonyl (C=O) groups excluding carboxylic acids is 2. The fourth-order valence-electron chi connectivity index (χ4n) is 2.62. The fraction of sp³-hybridized carbons (Fsp3) is 0.467. The van der Waals surface area contributed by atoms with Gasteiger partial charge in [0.1, 0.15) is 0 Å². The average Bonchev–Trinajstić information content (AvgIpc) is 2.47. The van der Waals surface area contributed by atoms with E-state index < -0.39 is 11.8 Å². The standard InChI is InChI=1S/C15H21N3O3/c16-14(19)12-5-1-3-11(13(12)15(17)20)4-2-6-18-7-9-21-10-8-18/h1,3,5H,2,4,6-10H2,(H2,16,19)(H2,17,20). The zero-order valence-electron chi connectivity index (χ0n) is 12.0. The number of nitrogens with zero attached hydrogens (tertiary/aromatic N) is 1. The third kappa shape index (κ3) is 4.03. The van der Waals surface area contributed by atoms with Crippen LogP contribution in [-0.2, 0) is 11.2 Å². The van der Waals surface area contributed by atoms with Gasteiger partial charge in [-0.1, -0.05) is 12.1 Å². The summed E-state index contributed by atoms with van der Waals surface area (Å²) in [6.07, 6.45) is 1.58. The summed E-state index contributed by atoms with van der Waals surface area (Å²) in [4.78, 5) is 25.3. The van der Waals surface area contributed by atoms with Crippen LogP contribution in [0, 0.1) is 0 Å². The van der Waals surface area contributed by atoms with E-state index in [0.717, 1.165) is 44.8 Å². The van der Waals surface area contributed by atoms with Crippen LogP contribution >= 0.6 is 0 Å². The first kappa shape index (κ1) is 15.5. The highest BCUT2D eigenvalue weighted by Crippen LogP contribution is 2.16. The third-order valence-corrected chi connectivity index (χ3v) is 3.69. The minimum Gasteiger partial charge on any atom is -0.379 e. The van der Waals surface area contributed by atoms with Crippen LogP contribution in [0.15, 0.2) is 18.2 Å². The summed E-state index contributed by atoms with van der Waals surface area (Å²) in [6.45, 7) is 4.34. The summed E-state index contributed by atoms with van der Waals surface area (Å²) in [5.41, 5.74) is 11.9. The van der Waals surface area contributed by atoms with Crippen molar-refractivity contribution >= 4 is 11.8 Å². The van der Waals surface area contributed by atoms with Gasteiger partial charge in [0.25, 0.3) is 0 Å². The van der Waals surface area contributed by atoms with Crippen LogP contribution < -0.4 is 11.5 Å². The van der Waals surface area contributed by atoms with Gasteiger partial charge in [-0.3, -0.25) is 14.5 Å². The molecule has 1 aliphatic heterocycles. The number of amides is 2. The molecule has 0 radical (unpaired) electrons. The van der Waals surface area contributed by atoms with Gasteiger partial charge in [0, 0.05) is 13.1 Å². The zero-order valence-corrected chi connectivity index (χ0v) is 12.0. The van der Waals surface area contributed by atoms with Gasteiger partial charge in [0.2, 0.25) is 11.8 Å². The van der Waals surface area contributed by atoms with Crippen LogP contribution in [0.2, 0.25) is 0 Å². The molecule has 1 fully saturated rings. The van der Waals surface area contributed by atoms with Crippen molar-refractivity contribution in [1.82, 2.24) is 4.90 Å². The summed E-state index contributed by atoms with van der Waals surface area (Å²) >= 11 is 0. The smallest absolute Gasteiger partial charge is 0.249 e. The molecule has 0 saturated carbocycles. The molecule has 1 aromatic rings. The number of aryl methyl sites for hydroxylation is 1. The summed E-state index contributed by atoms with van der Waals surface area (Å²) < 4.78 is 5.30. The fourth-order valence-corrected chi connectivity index (χ4v) is 2.62. The number of morpholine rings is 1. The molecule has 4 N–H and O–H groups in total. The molecule has 2 amide bonds. The van der Waals surface area contributed by atoms with E-state index in [4.69, 9.17) is 16.2 Å². The molecule has 0 unspecified atom stereocenters. The lowest BCUT2D eigenvalue weighted by atomic mass is 9.96. The van der Waals surface area contributed by atoms with Gasteiger partial charge in [0.05, 0.1) is 24.3 Å². The van der Waals surface area contributed by atoms with Gasteiger partial charge in [-0.2, -0.15) is 0 Å². The normalized spacial score (nSPS) is 15.8. The maximum Gasteiger partial charge on any atom is 0.249 e. The van der Waals surface area contributed by atoms with Crippen molar-refractivity contribution in [3.8, 4) is 0 Å². The highest BCUT2D eigenvalue weighted by atomic mass is 16.5. The maximum atomic E-state index is 11.6. The van der Waals surface area contributed by atoms with Crippen LogP contribution in [0.4, 0.5) is 0 Å². The largest absolute Gasteiger partial charge is 0.379 e. The second-order valence-electron chi connectivity index (χ2n) is 5.13. The van der Waals surface area contributed by atoms with E-state index in [2.05, 4.69) is 4.90 Å². The van der Waals surface area contributed by atoms with Gasteiger partial charge >= 0.3 is 0 Å². The molecule has 1 heterocycles. The lowest BCUT2D eigenvalue weighted by molar-refractivity contribution is 0.0374. The highest BCUT2D eigenvalue weighted by Gasteiger charge is 2.17. The van der Waals surface area contributed by atoms with E-state index in [1.807, 2.05) is 6.07 Å². The number of nitrogens with two attached hydrogens (primary N) is 2. The van der Waals surface area contributed by atoms with Crippen LogP contribution in [-0.4, -0.2) is 49.6 Å². The number of primary amides is 2. The highest BCUT2D eigenvalue weighted by molar-refractivity contribution is 6.07. The molecule has 1 aliphatic rings. The molecule has 0 spiro atoms. The number of carbonyl (C=O) groups is 2. The molecule has 21 heavy (non-hydrogen) atoms. The minimum absolute atomic E-state index is 0.200. The summed E-state index contributed by atoms with van der Waals surface area (Å²) in [5.74, 6) is -1.23. The van der Waals surface area contributed by atoms with Crippen molar-refractivity contribution in [3.05, 3.63) is 34.9 Å². The molecule has 0 atom stereocenters. The lowest BCUT2D eigenvalue weighted by Gasteiger charge is -2.26. The second-order valence-corrected chi connectivity index (χ2v) is 5.13. The number of hydrogen-bond donors (Lipinski definition) is 2. The van der Waals surface area contributed by atoms with E-state index >= 15 is 0 Å². The molecule has 0 aromatic heterocycles. The van der Waals surface area contributed by atoms with E-state index in [1.54, 1.807) is 6.07 Å². The first-order chi connectivity index (χ1) is 10.1. The van der Waals surface area contributed by atoms with Gasteiger partial charge in [-0.15, -0.1) is 0 Å². The SMILES string of the molecule is NC(=O)c1cccc(CCCN2CCOCC2)c1C(N)=O. The summed E-state index contributed by atoms with van der Waals surface area (Å²) in [5, 5.41) is 0. The van der Waals surface area contributed by atoms with Crippen LogP contribution in [0.3, 0.4) is 0 Å². The van der Waals surface area contributed by atoms with Crippen molar-refractivity contribution in [1.29, 1.82) is 0 Å². The monoisotopic (exact) mass is 291 g/mol. The predicted octanol–water partition coefficient (Wildman–Crippen LogP) is 0.149. The van der Waals surface area contributed by atoms with Crippen LogP contribution in [0.5, 0.6) is 0 Å². The summed E-state index contributed by atoms with van der Waals surface area (Å²) in [7, 11) is 0. The quantitative estimate of drug-likeness (QED) is 0.779. The molecular formula is C15H21N3O3. The predicted molar refractivity (Wildman–Crippen MR) is 79.1 cm³/mol. The maximum absolute atomic E-state index is 11.6. The van der Waals surface area contributed by atoms with Gasteiger partial charge in [0.15, 0.2) is 0 Å². The Balaban J connectivity index is 2.03. The van der Waals surface area contributed by atoms with E-state index in [-0.39, 0.29) is 11.1 Å². The first-order valence-corrected chi connectivity index (χ1v) is 7.11. The van der Waals surface area contributed by atoms with E-state index in [1.165, 1.54) is 6.07 Å². The average molecular weight is 291 g/mol. The molecular weight excluding hydrogens is 270 g/mol. The van der Waals surface area contributed by atoms with Crippen molar-refractivity contribution in [2.75, 3.05) is 32.8 Å². The summed E-state index contributed by atoms with van der Waals surface area (Å²) in [6, 6.07) is 5.09. The third-order valence-electron chi connectivity index (χ3n) is 3.69.